The number of fused-ring (bicyclic) bond motifs is 1. The van der Waals surface area contributed by atoms with Crippen LogP contribution in [0.5, 0.6) is 11.5 Å². The van der Waals surface area contributed by atoms with Gasteiger partial charge < -0.3 is 9.47 Å². The number of rotatable bonds is 4. The average Bonchev–Trinajstić information content (AvgIpc) is 2.55. The van der Waals surface area contributed by atoms with E-state index in [1.165, 1.54) is 4.31 Å². The normalized spacial score (nSPS) is 14.1. The predicted molar refractivity (Wildman–Crippen MR) is 82.5 cm³/mol. The summed E-state index contributed by atoms with van der Waals surface area (Å²) in [5.74, 6) is 1.36. The fraction of sp³-hybridized carbons (Fsp3) is 0.250. The molecular formula is C16H17NO4S. The van der Waals surface area contributed by atoms with Gasteiger partial charge >= 0.3 is 0 Å². The molecule has 6 heteroatoms. The van der Waals surface area contributed by atoms with Crippen LogP contribution in [0, 0.1) is 0 Å². The summed E-state index contributed by atoms with van der Waals surface area (Å²) < 4.78 is 37.3. The molecule has 0 unspecified atom stereocenters. The molecule has 0 fully saturated rings. The van der Waals surface area contributed by atoms with E-state index < -0.39 is 10.0 Å². The smallest absolute Gasteiger partial charge is 0.243 e. The zero-order valence-corrected chi connectivity index (χ0v) is 13.0. The van der Waals surface area contributed by atoms with Crippen LogP contribution in [0.25, 0.3) is 0 Å². The van der Waals surface area contributed by atoms with Crippen molar-refractivity contribution in [2.45, 2.75) is 11.4 Å². The zero-order valence-electron chi connectivity index (χ0n) is 12.2. The first-order valence-electron chi connectivity index (χ1n) is 6.97. The van der Waals surface area contributed by atoms with Gasteiger partial charge in [0.1, 0.15) is 13.2 Å². The summed E-state index contributed by atoms with van der Waals surface area (Å²) in [6, 6.07) is 13.9. The Kier molecular flexibility index (Phi) is 4.04. The number of hydrogen-bond acceptors (Lipinski definition) is 4. The largest absolute Gasteiger partial charge is 0.486 e. The molecule has 0 atom stereocenters. The third-order valence-electron chi connectivity index (χ3n) is 3.46. The van der Waals surface area contributed by atoms with Crippen molar-refractivity contribution in [1.82, 2.24) is 4.31 Å². The van der Waals surface area contributed by atoms with Crippen LogP contribution >= 0.6 is 0 Å². The van der Waals surface area contributed by atoms with Crippen molar-refractivity contribution < 1.29 is 17.9 Å². The molecule has 2 aromatic carbocycles. The van der Waals surface area contributed by atoms with Crippen molar-refractivity contribution in [3.05, 3.63) is 54.1 Å². The number of nitrogens with zero attached hydrogens (tertiary/aromatic N) is 1. The van der Waals surface area contributed by atoms with Gasteiger partial charge in [0.25, 0.3) is 0 Å². The standard InChI is InChI=1S/C16H17NO4S/c1-17(22(18,19)14-5-3-2-4-6-14)12-13-7-8-15-16(11-13)21-10-9-20-15/h2-8,11H,9-10,12H2,1H3. The molecule has 1 aliphatic heterocycles. The van der Waals surface area contributed by atoms with Crippen LogP contribution in [-0.4, -0.2) is 33.0 Å². The minimum Gasteiger partial charge on any atom is -0.486 e. The highest BCUT2D eigenvalue weighted by molar-refractivity contribution is 7.89. The molecule has 0 spiro atoms. The van der Waals surface area contributed by atoms with Crippen molar-refractivity contribution in [3.63, 3.8) is 0 Å². The average molecular weight is 319 g/mol. The van der Waals surface area contributed by atoms with E-state index in [1.807, 2.05) is 18.2 Å². The molecule has 3 rings (SSSR count). The first kappa shape index (κ1) is 14.9. The summed E-state index contributed by atoms with van der Waals surface area (Å²) in [5.41, 5.74) is 0.853. The summed E-state index contributed by atoms with van der Waals surface area (Å²) >= 11 is 0. The Hall–Kier alpha value is -2.05. The van der Waals surface area contributed by atoms with Crippen molar-refractivity contribution in [2.24, 2.45) is 0 Å². The third kappa shape index (κ3) is 2.93. The van der Waals surface area contributed by atoms with Gasteiger partial charge in [-0.25, -0.2) is 8.42 Å². The van der Waals surface area contributed by atoms with Crippen LogP contribution in [0.3, 0.4) is 0 Å². The van der Waals surface area contributed by atoms with E-state index in [0.29, 0.717) is 24.7 Å². The zero-order chi connectivity index (χ0) is 15.6. The molecule has 0 radical (unpaired) electrons. The van der Waals surface area contributed by atoms with Crippen LogP contribution in [0.1, 0.15) is 5.56 Å². The third-order valence-corrected chi connectivity index (χ3v) is 5.28. The Balaban J connectivity index is 1.81. The van der Waals surface area contributed by atoms with E-state index >= 15 is 0 Å². The number of ether oxygens (including phenoxy) is 2. The molecule has 0 aromatic heterocycles. The van der Waals surface area contributed by atoms with Crippen molar-refractivity contribution in [2.75, 3.05) is 20.3 Å². The van der Waals surface area contributed by atoms with Gasteiger partial charge in [-0.15, -0.1) is 0 Å². The molecular weight excluding hydrogens is 302 g/mol. The van der Waals surface area contributed by atoms with E-state index in [9.17, 15) is 8.42 Å². The molecule has 1 heterocycles. The van der Waals surface area contributed by atoms with Crippen molar-refractivity contribution in [1.29, 1.82) is 0 Å². The SMILES string of the molecule is CN(Cc1ccc2c(c1)OCCO2)S(=O)(=O)c1ccccc1. The molecule has 2 aromatic rings. The molecule has 0 saturated carbocycles. The maximum atomic E-state index is 12.5. The number of benzene rings is 2. The highest BCUT2D eigenvalue weighted by Gasteiger charge is 2.21. The van der Waals surface area contributed by atoms with Gasteiger partial charge in [0.2, 0.25) is 10.0 Å². The summed E-state index contributed by atoms with van der Waals surface area (Å²) in [4.78, 5) is 0.287. The molecule has 1 aliphatic rings. The Morgan fingerprint density at radius 1 is 1.00 bits per heavy atom. The second-order valence-electron chi connectivity index (χ2n) is 5.05. The summed E-state index contributed by atoms with van der Waals surface area (Å²) in [6.07, 6.45) is 0. The highest BCUT2D eigenvalue weighted by atomic mass is 32.2. The van der Waals surface area contributed by atoms with Crippen LogP contribution in [-0.2, 0) is 16.6 Å². The molecule has 0 saturated heterocycles. The Labute approximate surface area is 130 Å². The molecule has 0 aliphatic carbocycles. The summed E-state index contributed by atoms with van der Waals surface area (Å²) in [7, 11) is -1.93. The lowest BCUT2D eigenvalue weighted by atomic mass is 10.2. The van der Waals surface area contributed by atoms with Gasteiger partial charge in [-0.2, -0.15) is 4.31 Å². The Bertz CT molecular complexity index is 759. The topological polar surface area (TPSA) is 55.8 Å². The van der Waals surface area contributed by atoms with E-state index in [2.05, 4.69) is 0 Å². The second-order valence-corrected chi connectivity index (χ2v) is 7.10. The maximum Gasteiger partial charge on any atom is 0.243 e. The van der Waals surface area contributed by atoms with Gasteiger partial charge in [0.15, 0.2) is 11.5 Å². The molecule has 0 N–H and O–H groups in total. The highest BCUT2D eigenvalue weighted by Crippen LogP contribution is 2.31. The second kappa shape index (κ2) is 5.98. The van der Waals surface area contributed by atoms with E-state index in [-0.39, 0.29) is 11.4 Å². The van der Waals surface area contributed by atoms with E-state index in [4.69, 9.17) is 9.47 Å². The predicted octanol–water partition coefficient (Wildman–Crippen LogP) is 2.28. The molecule has 5 nitrogen and oxygen atoms in total. The molecule has 116 valence electrons. The lowest BCUT2D eigenvalue weighted by molar-refractivity contribution is 0.171. The fourth-order valence-corrected chi connectivity index (χ4v) is 3.48. The van der Waals surface area contributed by atoms with E-state index in [1.54, 1.807) is 37.4 Å². The van der Waals surface area contributed by atoms with Gasteiger partial charge in [-0.3, -0.25) is 0 Å². The maximum absolute atomic E-state index is 12.5. The molecule has 22 heavy (non-hydrogen) atoms. The van der Waals surface area contributed by atoms with Gasteiger partial charge in [0, 0.05) is 13.6 Å². The minimum absolute atomic E-state index is 0.272. The Morgan fingerprint density at radius 2 is 1.68 bits per heavy atom. The fourth-order valence-electron chi connectivity index (χ4n) is 2.30. The molecule has 0 amide bonds. The van der Waals surface area contributed by atoms with Gasteiger partial charge in [-0.1, -0.05) is 24.3 Å². The lowest BCUT2D eigenvalue weighted by Crippen LogP contribution is -2.26. The van der Waals surface area contributed by atoms with Crippen LogP contribution < -0.4 is 9.47 Å². The summed E-state index contributed by atoms with van der Waals surface area (Å²) in [6.45, 7) is 1.32. The quantitative estimate of drug-likeness (QED) is 0.867. The number of sulfonamides is 1. The van der Waals surface area contributed by atoms with Crippen molar-refractivity contribution >= 4 is 10.0 Å². The van der Waals surface area contributed by atoms with Crippen LogP contribution in [0.15, 0.2) is 53.4 Å². The van der Waals surface area contributed by atoms with Crippen LogP contribution in [0.2, 0.25) is 0 Å². The first-order valence-corrected chi connectivity index (χ1v) is 8.41. The first-order chi connectivity index (χ1) is 10.6. The van der Waals surface area contributed by atoms with Crippen LogP contribution in [0.4, 0.5) is 0 Å². The lowest BCUT2D eigenvalue weighted by Gasteiger charge is -2.21. The van der Waals surface area contributed by atoms with Crippen molar-refractivity contribution in [3.8, 4) is 11.5 Å². The minimum atomic E-state index is -3.50. The van der Waals surface area contributed by atoms with E-state index in [0.717, 1.165) is 5.56 Å². The molecule has 0 bridgehead atoms. The Morgan fingerprint density at radius 3 is 2.41 bits per heavy atom. The van der Waals surface area contributed by atoms with Gasteiger partial charge in [-0.05, 0) is 29.8 Å². The monoisotopic (exact) mass is 319 g/mol. The van der Waals surface area contributed by atoms with Gasteiger partial charge in [0.05, 0.1) is 4.90 Å². The number of hydrogen-bond donors (Lipinski definition) is 0. The summed E-state index contributed by atoms with van der Waals surface area (Å²) in [5, 5.41) is 0.